The average molecular weight is 324 g/mol. The van der Waals surface area contributed by atoms with Gasteiger partial charge in [-0.1, -0.05) is 18.2 Å². The van der Waals surface area contributed by atoms with Crippen LogP contribution in [0, 0.1) is 0 Å². The topological polar surface area (TPSA) is 54.3 Å². The molecule has 0 spiro atoms. The van der Waals surface area contributed by atoms with Crippen LogP contribution >= 0.6 is 0 Å². The Morgan fingerprint density at radius 2 is 2.04 bits per heavy atom. The second-order valence-corrected chi connectivity index (χ2v) is 6.58. The van der Waals surface area contributed by atoms with Gasteiger partial charge in [0, 0.05) is 17.5 Å². The zero-order valence-corrected chi connectivity index (χ0v) is 14.0. The molecule has 0 saturated carbocycles. The maximum absolute atomic E-state index is 10.3. The fourth-order valence-corrected chi connectivity index (χ4v) is 3.45. The Bertz CT molecular complexity index is 829. The van der Waals surface area contributed by atoms with Gasteiger partial charge in [-0.15, -0.1) is 0 Å². The number of phenolic OH excluding ortho intramolecular Hbond substituents is 1. The lowest BCUT2D eigenvalue weighted by Crippen LogP contribution is -2.48. The molecule has 0 fully saturated rings. The van der Waals surface area contributed by atoms with Gasteiger partial charge >= 0.3 is 0 Å². The molecule has 2 heterocycles. The lowest BCUT2D eigenvalue weighted by Gasteiger charge is -2.43. The molecule has 0 radical (unpaired) electrons. The van der Waals surface area contributed by atoms with E-state index in [-0.39, 0.29) is 11.8 Å². The van der Waals surface area contributed by atoms with Gasteiger partial charge in [0.2, 0.25) is 0 Å². The van der Waals surface area contributed by atoms with Gasteiger partial charge in [-0.3, -0.25) is 0 Å². The van der Waals surface area contributed by atoms with Crippen molar-refractivity contribution in [3.63, 3.8) is 0 Å². The quantitative estimate of drug-likeness (QED) is 0.915. The van der Waals surface area contributed by atoms with E-state index in [4.69, 9.17) is 14.6 Å². The van der Waals surface area contributed by atoms with Gasteiger partial charge < -0.3 is 14.6 Å². The number of methoxy groups -OCH3 is 1. The largest absolute Gasteiger partial charge is 0.507 e. The predicted octanol–water partition coefficient (Wildman–Crippen LogP) is 3.68. The minimum atomic E-state index is -0.546. The zero-order valence-electron chi connectivity index (χ0n) is 14.0. The minimum absolute atomic E-state index is 0.102. The smallest absolute Gasteiger partial charge is 0.192 e. The van der Waals surface area contributed by atoms with Gasteiger partial charge in [-0.05, 0) is 38.1 Å². The van der Waals surface area contributed by atoms with Gasteiger partial charge in [-0.25, -0.2) is 5.01 Å². The van der Waals surface area contributed by atoms with Crippen molar-refractivity contribution < 1.29 is 14.6 Å². The monoisotopic (exact) mass is 324 g/mol. The highest BCUT2D eigenvalue weighted by atomic mass is 16.5. The first-order valence-corrected chi connectivity index (χ1v) is 8.02. The van der Waals surface area contributed by atoms with Crippen LogP contribution in [-0.4, -0.2) is 28.7 Å². The highest BCUT2D eigenvalue weighted by Crippen LogP contribution is 2.47. The third-order valence-corrected chi connectivity index (χ3v) is 4.61. The molecule has 0 bridgehead atoms. The number of hydrogen-bond acceptors (Lipinski definition) is 5. The number of rotatable bonds is 2. The van der Waals surface area contributed by atoms with Crippen molar-refractivity contribution >= 4 is 5.71 Å². The maximum atomic E-state index is 10.3. The van der Waals surface area contributed by atoms with Gasteiger partial charge in [0.1, 0.15) is 17.2 Å². The third kappa shape index (κ3) is 2.19. The molecule has 5 nitrogen and oxygen atoms in total. The number of ether oxygens (including phenoxy) is 2. The van der Waals surface area contributed by atoms with E-state index >= 15 is 0 Å². The Balaban J connectivity index is 1.78. The van der Waals surface area contributed by atoms with E-state index in [0.717, 1.165) is 17.0 Å². The van der Waals surface area contributed by atoms with Crippen molar-refractivity contribution in [1.29, 1.82) is 0 Å². The number of hydrazone groups is 1. The number of nitrogens with zero attached hydrogens (tertiary/aromatic N) is 2. The summed E-state index contributed by atoms with van der Waals surface area (Å²) in [6, 6.07) is 13.4. The van der Waals surface area contributed by atoms with Gasteiger partial charge in [0.25, 0.3) is 0 Å². The standard InChI is InChI=1S/C19H20N2O3/c1-19(2)21-16(13-6-4-5-7-18(13)24-19)11-15(20-21)14-10-12(23-3)8-9-17(14)22/h4-10,16,22H,11H2,1-3H3/t16-/m0/s1. The Labute approximate surface area is 141 Å². The van der Waals surface area contributed by atoms with Crippen LogP contribution in [0.5, 0.6) is 17.2 Å². The minimum Gasteiger partial charge on any atom is -0.507 e. The van der Waals surface area contributed by atoms with Gasteiger partial charge in [-0.2, -0.15) is 5.10 Å². The molecular formula is C19H20N2O3. The summed E-state index contributed by atoms with van der Waals surface area (Å²) in [6.45, 7) is 4.02. The van der Waals surface area contributed by atoms with Crippen LogP contribution in [0.1, 0.15) is 37.4 Å². The summed E-state index contributed by atoms with van der Waals surface area (Å²) in [6.07, 6.45) is 0.713. The van der Waals surface area contributed by atoms with Crippen LogP contribution in [0.25, 0.3) is 0 Å². The van der Waals surface area contributed by atoms with E-state index in [1.54, 1.807) is 19.2 Å². The van der Waals surface area contributed by atoms with Gasteiger partial charge in [0.05, 0.1) is 18.9 Å². The Kier molecular flexibility index (Phi) is 3.20. The highest BCUT2D eigenvalue weighted by Gasteiger charge is 2.44. The molecule has 2 aliphatic rings. The van der Waals surface area contributed by atoms with Crippen molar-refractivity contribution in [3.8, 4) is 17.2 Å². The molecule has 1 atom stereocenters. The van der Waals surface area contributed by atoms with E-state index in [0.29, 0.717) is 17.7 Å². The first-order valence-electron chi connectivity index (χ1n) is 8.02. The van der Waals surface area contributed by atoms with Crippen LogP contribution < -0.4 is 9.47 Å². The average Bonchev–Trinajstić information content (AvgIpc) is 3.01. The fourth-order valence-electron chi connectivity index (χ4n) is 3.45. The number of para-hydroxylation sites is 1. The first kappa shape index (κ1) is 14.9. The lowest BCUT2D eigenvalue weighted by atomic mass is 9.95. The molecule has 24 heavy (non-hydrogen) atoms. The van der Waals surface area contributed by atoms with Gasteiger partial charge in [0.15, 0.2) is 5.72 Å². The second kappa shape index (κ2) is 5.16. The molecule has 1 N–H and O–H groups in total. The number of aromatic hydroxyl groups is 1. The fraction of sp³-hybridized carbons (Fsp3) is 0.316. The van der Waals surface area contributed by atoms with Crippen molar-refractivity contribution in [2.75, 3.05) is 7.11 Å². The highest BCUT2D eigenvalue weighted by molar-refractivity contribution is 6.04. The molecule has 5 heteroatoms. The van der Waals surface area contributed by atoms with E-state index < -0.39 is 5.72 Å². The summed E-state index contributed by atoms with van der Waals surface area (Å²) in [5.41, 5.74) is 2.12. The number of fused-ring (bicyclic) bond motifs is 3. The van der Waals surface area contributed by atoms with E-state index in [9.17, 15) is 5.11 Å². The Hall–Kier alpha value is -2.69. The Morgan fingerprint density at radius 3 is 2.83 bits per heavy atom. The molecule has 0 aromatic heterocycles. The van der Waals surface area contributed by atoms with Crippen LogP contribution in [-0.2, 0) is 0 Å². The van der Waals surface area contributed by atoms with Crippen molar-refractivity contribution in [3.05, 3.63) is 53.6 Å². The predicted molar refractivity (Wildman–Crippen MR) is 91.5 cm³/mol. The second-order valence-electron chi connectivity index (χ2n) is 6.58. The van der Waals surface area contributed by atoms with E-state index in [1.807, 2.05) is 43.1 Å². The molecule has 0 amide bonds. The molecule has 2 aliphatic heterocycles. The summed E-state index contributed by atoms with van der Waals surface area (Å²) in [7, 11) is 1.61. The molecule has 4 rings (SSSR count). The van der Waals surface area contributed by atoms with Crippen LogP contribution in [0.2, 0.25) is 0 Å². The molecule has 124 valence electrons. The normalized spacial score (nSPS) is 20.7. The summed E-state index contributed by atoms with van der Waals surface area (Å²) in [5.74, 6) is 1.81. The molecule has 0 unspecified atom stereocenters. The third-order valence-electron chi connectivity index (χ3n) is 4.61. The molecule has 0 saturated heterocycles. The van der Waals surface area contributed by atoms with Crippen LogP contribution in [0.3, 0.4) is 0 Å². The maximum Gasteiger partial charge on any atom is 0.192 e. The molecule has 2 aromatic carbocycles. The summed E-state index contributed by atoms with van der Waals surface area (Å²) in [4.78, 5) is 0. The van der Waals surface area contributed by atoms with Crippen molar-refractivity contribution in [2.45, 2.75) is 32.0 Å². The number of benzene rings is 2. The molecule has 2 aromatic rings. The summed E-state index contributed by atoms with van der Waals surface area (Å²) in [5, 5.41) is 17.0. The van der Waals surface area contributed by atoms with E-state index in [1.165, 1.54) is 0 Å². The van der Waals surface area contributed by atoms with Crippen molar-refractivity contribution in [2.24, 2.45) is 5.10 Å². The van der Waals surface area contributed by atoms with Crippen molar-refractivity contribution in [1.82, 2.24) is 5.01 Å². The van der Waals surface area contributed by atoms with Crippen LogP contribution in [0.15, 0.2) is 47.6 Å². The number of phenols is 1. The zero-order chi connectivity index (χ0) is 16.9. The first-order chi connectivity index (χ1) is 11.5. The lowest BCUT2D eigenvalue weighted by molar-refractivity contribution is -0.0911. The summed E-state index contributed by atoms with van der Waals surface area (Å²) < 4.78 is 11.4. The van der Waals surface area contributed by atoms with Crippen LogP contribution in [0.4, 0.5) is 0 Å². The summed E-state index contributed by atoms with van der Waals surface area (Å²) >= 11 is 0. The van der Waals surface area contributed by atoms with E-state index in [2.05, 4.69) is 6.07 Å². The SMILES string of the molecule is COc1ccc(O)c(C2=NN3[C@@H](C2)c2ccccc2OC3(C)C)c1. The molecular weight excluding hydrogens is 304 g/mol. The number of hydrogen-bond donors (Lipinski definition) is 1. The Morgan fingerprint density at radius 1 is 1.25 bits per heavy atom. The molecule has 0 aliphatic carbocycles.